The van der Waals surface area contributed by atoms with Gasteiger partial charge in [-0.15, -0.1) is 0 Å². The molecule has 0 amide bonds. The molecule has 0 saturated carbocycles. The number of aryl methyl sites for hydroxylation is 1. The zero-order valence-electron chi connectivity index (χ0n) is 10.2. The number of methoxy groups -OCH3 is 1. The van der Waals surface area contributed by atoms with Crippen molar-refractivity contribution in [3.8, 4) is 0 Å². The zero-order valence-corrected chi connectivity index (χ0v) is 12.5. The van der Waals surface area contributed by atoms with Crippen molar-refractivity contribution in [1.29, 1.82) is 0 Å². The van der Waals surface area contributed by atoms with E-state index >= 15 is 0 Å². The van der Waals surface area contributed by atoms with Crippen LogP contribution in [0, 0.1) is 6.92 Å². The van der Waals surface area contributed by atoms with Gasteiger partial charge in [0.15, 0.2) is 15.2 Å². The Labute approximate surface area is 124 Å². The van der Waals surface area contributed by atoms with Crippen LogP contribution in [0.2, 0.25) is 10.2 Å². The van der Waals surface area contributed by atoms with E-state index in [4.69, 9.17) is 23.2 Å². The van der Waals surface area contributed by atoms with Crippen LogP contribution in [0.4, 0.5) is 10.8 Å². The molecular weight excluding hydrogens is 307 g/mol. The number of nitrogens with one attached hydrogen (secondary N) is 1. The predicted molar refractivity (Wildman–Crippen MR) is 77.9 cm³/mol. The first-order chi connectivity index (χ1) is 9.02. The standard InChI is InChI=1S/C12H10Cl2N2O2S/c1-6-4-3-5-7(8(6)13)15-12-16-10(14)9(19-12)11(17)18-2/h3-5H,1-2H3,(H,15,16). The smallest absolute Gasteiger partial charge is 0.351 e. The highest BCUT2D eigenvalue weighted by molar-refractivity contribution is 7.18. The molecule has 2 aromatic rings. The SMILES string of the molecule is COC(=O)c1sc(Nc2cccc(C)c2Cl)nc1Cl. The van der Waals surface area contributed by atoms with Gasteiger partial charge >= 0.3 is 5.97 Å². The van der Waals surface area contributed by atoms with Gasteiger partial charge in [-0.25, -0.2) is 9.78 Å². The molecule has 100 valence electrons. The molecule has 1 aromatic heterocycles. The highest BCUT2D eigenvalue weighted by Gasteiger charge is 2.17. The third kappa shape index (κ3) is 3.00. The molecule has 0 fully saturated rings. The minimum Gasteiger partial charge on any atom is -0.465 e. The quantitative estimate of drug-likeness (QED) is 0.858. The first-order valence-corrected chi connectivity index (χ1v) is 6.87. The molecule has 19 heavy (non-hydrogen) atoms. The zero-order chi connectivity index (χ0) is 14.0. The van der Waals surface area contributed by atoms with Gasteiger partial charge in [-0.1, -0.05) is 46.7 Å². The van der Waals surface area contributed by atoms with Gasteiger partial charge in [0.05, 0.1) is 17.8 Å². The molecule has 0 spiro atoms. The molecule has 7 heteroatoms. The number of anilines is 2. The molecule has 0 radical (unpaired) electrons. The highest BCUT2D eigenvalue weighted by Crippen LogP contribution is 2.33. The van der Waals surface area contributed by atoms with E-state index in [1.165, 1.54) is 7.11 Å². The number of rotatable bonds is 3. The van der Waals surface area contributed by atoms with Crippen LogP contribution in [-0.2, 0) is 4.74 Å². The first kappa shape index (κ1) is 14.1. The van der Waals surface area contributed by atoms with Gasteiger partial charge in [0.1, 0.15) is 0 Å². The lowest BCUT2D eigenvalue weighted by Crippen LogP contribution is -1.98. The van der Waals surface area contributed by atoms with E-state index < -0.39 is 5.97 Å². The first-order valence-electron chi connectivity index (χ1n) is 5.29. The largest absolute Gasteiger partial charge is 0.465 e. The fourth-order valence-corrected chi connectivity index (χ4v) is 2.72. The Morgan fingerprint density at radius 2 is 2.16 bits per heavy atom. The predicted octanol–water partition coefficient (Wildman–Crippen LogP) is 4.29. The average molecular weight is 317 g/mol. The molecule has 1 heterocycles. The Balaban J connectivity index is 2.29. The Morgan fingerprint density at radius 1 is 1.42 bits per heavy atom. The maximum atomic E-state index is 11.4. The summed E-state index contributed by atoms with van der Waals surface area (Å²) in [5, 5.41) is 4.24. The third-order valence-electron chi connectivity index (χ3n) is 2.39. The number of carbonyl (C=O) groups excluding carboxylic acids is 1. The van der Waals surface area contributed by atoms with Crippen molar-refractivity contribution in [3.05, 3.63) is 38.8 Å². The van der Waals surface area contributed by atoms with Crippen molar-refractivity contribution in [1.82, 2.24) is 4.98 Å². The number of thiazole rings is 1. The number of aromatic nitrogens is 1. The lowest BCUT2D eigenvalue weighted by Gasteiger charge is -2.06. The molecule has 0 bridgehead atoms. The van der Waals surface area contributed by atoms with Crippen LogP contribution in [0.25, 0.3) is 0 Å². The van der Waals surface area contributed by atoms with Crippen molar-refractivity contribution in [2.24, 2.45) is 0 Å². The molecule has 0 unspecified atom stereocenters. The van der Waals surface area contributed by atoms with Crippen molar-refractivity contribution < 1.29 is 9.53 Å². The van der Waals surface area contributed by atoms with Crippen molar-refractivity contribution in [3.63, 3.8) is 0 Å². The summed E-state index contributed by atoms with van der Waals surface area (Å²) in [5.41, 5.74) is 1.66. The number of hydrogen-bond donors (Lipinski definition) is 1. The summed E-state index contributed by atoms with van der Waals surface area (Å²) in [7, 11) is 1.29. The summed E-state index contributed by atoms with van der Waals surface area (Å²) >= 11 is 13.2. The van der Waals surface area contributed by atoms with Crippen LogP contribution in [0.15, 0.2) is 18.2 Å². The van der Waals surface area contributed by atoms with E-state index in [0.29, 0.717) is 15.8 Å². The second kappa shape index (κ2) is 5.77. The van der Waals surface area contributed by atoms with E-state index in [0.717, 1.165) is 16.9 Å². The van der Waals surface area contributed by atoms with Crippen LogP contribution in [0.1, 0.15) is 15.2 Å². The monoisotopic (exact) mass is 316 g/mol. The second-order valence-corrected chi connectivity index (χ2v) is 5.43. The van der Waals surface area contributed by atoms with E-state index in [-0.39, 0.29) is 10.0 Å². The van der Waals surface area contributed by atoms with E-state index in [9.17, 15) is 4.79 Å². The number of ether oxygens (including phenoxy) is 1. The molecule has 0 aliphatic heterocycles. The second-order valence-electron chi connectivity index (χ2n) is 3.69. The maximum Gasteiger partial charge on any atom is 0.351 e. The maximum absolute atomic E-state index is 11.4. The van der Waals surface area contributed by atoms with Crippen LogP contribution >= 0.6 is 34.5 Å². The highest BCUT2D eigenvalue weighted by atomic mass is 35.5. The molecule has 4 nitrogen and oxygen atoms in total. The lowest BCUT2D eigenvalue weighted by molar-refractivity contribution is 0.0606. The third-order valence-corrected chi connectivity index (χ3v) is 4.23. The molecular formula is C12H10Cl2N2O2S. The molecule has 0 aliphatic carbocycles. The molecule has 0 saturated heterocycles. The number of nitrogens with zero attached hydrogens (tertiary/aromatic N) is 1. The van der Waals surface area contributed by atoms with Gasteiger partial charge in [0.25, 0.3) is 0 Å². The van der Waals surface area contributed by atoms with E-state index in [1.54, 1.807) is 0 Å². The summed E-state index contributed by atoms with van der Waals surface area (Å²) in [6, 6.07) is 5.60. The summed E-state index contributed by atoms with van der Waals surface area (Å²) < 4.78 is 4.62. The average Bonchev–Trinajstić information content (AvgIpc) is 2.75. The van der Waals surface area contributed by atoms with Crippen LogP contribution in [0.5, 0.6) is 0 Å². The van der Waals surface area contributed by atoms with Gasteiger partial charge in [-0.2, -0.15) is 0 Å². The van der Waals surface area contributed by atoms with E-state index in [1.807, 2.05) is 25.1 Å². The van der Waals surface area contributed by atoms with Gasteiger partial charge < -0.3 is 10.1 Å². The summed E-state index contributed by atoms with van der Waals surface area (Å²) in [5.74, 6) is -0.508. The number of halogens is 2. The number of carbonyl (C=O) groups is 1. The number of benzene rings is 1. The topological polar surface area (TPSA) is 51.2 Å². The molecule has 0 atom stereocenters. The summed E-state index contributed by atoms with van der Waals surface area (Å²) in [4.78, 5) is 15.7. The van der Waals surface area contributed by atoms with Gasteiger partial charge in [-0.3, -0.25) is 0 Å². The van der Waals surface area contributed by atoms with Crippen molar-refractivity contribution in [2.45, 2.75) is 6.92 Å². The van der Waals surface area contributed by atoms with Gasteiger partial charge in [-0.05, 0) is 18.6 Å². The van der Waals surface area contributed by atoms with Crippen molar-refractivity contribution in [2.75, 3.05) is 12.4 Å². The molecule has 2 rings (SSSR count). The Bertz CT molecular complexity index is 628. The lowest BCUT2D eigenvalue weighted by atomic mass is 10.2. The fourth-order valence-electron chi connectivity index (χ4n) is 1.43. The normalized spacial score (nSPS) is 10.3. The van der Waals surface area contributed by atoms with Crippen LogP contribution in [-0.4, -0.2) is 18.1 Å². The van der Waals surface area contributed by atoms with Crippen molar-refractivity contribution >= 4 is 51.3 Å². The minimum absolute atomic E-state index is 0.114. The Hall–Kier alpha value is -1.30. The fraction of sp³-hybridized carbons (Fsp3) is 0.167. The molecule has 1 N–H and O–H groups in total. The Kier molecular flexibility index (Phi) is 4.29. The van der Waals surface area contributed by atoms with E-state index in [2.05, 4.69) is 15.0 Å². The van der Waals surface area contributed by atoms with Crippen LogP contribution < -0.4 is 5.32 Å². The minimum atomic E-state index is -0.508. The Morgan fingerprint density at radius 3 is 2.84 bits per heavy atom. The van der Waals surface area contributed by atoms with Gasteiger partial charge in [0, 0.05) is 0 Å². The number of esters is 1. The molecule has 0 aliphatic rings. The van der Waals surface area contributed by atoms with Crippen LogP contribution in [0.3, 0.4) is 0 Å². The molecule has 1 aromatic carbocycles. The summed E-state index contributed by atoms with van der Waals surface area (Å²) in [6.45, 7) is 1.90. The number of hydrogen-bond acceptors (Lipinski definition) is 5. The summed E-state index contributed by atoms with van der Waals surface area (Å²) in [6.07, 6.45) is 0. The van der Waals surface area contributed by atoms with Gasteiger partial charge in [0.2, 0.25) is 0 Å².